The van der Waals surface area contributed by atoms with E-state index >= 15 is 0 Å². The van der Waals surface area contributed by atoms with Crippen molar-refractivity contribution < 1.29 is 18.0 Å². The molecule has 0 aliphatic heterocycles. The molecule has 0 saturated carbocycles. The van der Waals surface area contributed by atoms with Gasteiger partial charge in [-0.05, 0) is 24.6 Å². The molecule has 94 valence electrons. The molecule has 0 bridgehead atoms. The van der Waals surface area contributed by atoms with Crippen molar-refractivity contribution in [1.82, 2.24) is 0 Å². The normalized spacial score (nSPS) is 13.5. The lowest BCUT2D eigenvalue weighted by atomic mass is 9.93. The summed E-state index contributed by atoms with van der Waals surface area (Å²) in [6.45, 7) is 3.40. The fourth-order valence-corrected chi connectivity index (χ4v) is 1.78. The van der Waals surface area contributed by atoms with E-state index in [-0.39, 0.29) is 5.56 Å². The molecule has 0 fully saturated rings. The van der Waals surface area contributed by atoms with Gasteiger partial charge in [0.05, 0.1) is 5.56 Å². The molecule has 5 heteroatoms. The first-order valence-electron chi connectivity index (χ1n) is 5.18. The summed E-state index contributed by atoms with van der Waals surface area (Å²) >= 11 is 2.98. The van der Waals surface area contributed by atoms with Gasteiger partial charge in [0.25, 0.3) is 0 Å². The second-order valence-corrected chi connectivity index (χ2v) is 4.78. The van der Waals surface area contributed by atoms with Gasteiger partial charge in [-0.2, -0.15) is 13.2 Å². The largest absolute Gasteiger partial charge is 0.417 e. The lowest BCUT2D eigenvalue weighted by Gasteiger charge is -2.15. The predicted molar refractivity (Wildman–Crippen MR) is 62.9 cm³/mol. The first-order valence-corrected chi connectivity index (χ1v) is 5.97. The van der Waals surface area contributed by atoms with Crippen LogP contribution in [0.1, 0.15) is 36.2 Å². The molecule has 0 saturated heterocycles. The molecular formula is C12H12BrF3O. The molecule has 0 radical (unpaired) electrons. The first kappa shape index (κ1) is 14.2. The minimum absolute atomic E-state index is 0.255. The van der Waals surface area contributed by atoms with Crippen LogP contribution in [-0.2, 0) is 6.18 Å². The fraction of sp³-hybridized carbons (Fsp3) is 0.417. The highest BCUT2D eigenvalue weighted by Gasteiger charge is 2.35. The Balaban J connectivity index is 3.29. The van der Waals surface area contributed by atoms with E-state index in [0.717, 1.165) is 6.07 Å². The van der Waals surface area contributed by atoms with Gasteiger partial charge >= 0.3 is 6.18 Å². The molecule has 1 rings (SSSR count). The summed E-state index contributed by atoms with van der Waals surface area (Å²) < 4.78 is 38.7. The van der Waals surface area contributed by atoms with Crippen molar-refractivity contribution in [2.24, 2.45) is 5.92 Å². The predicted octanol–water partition coefficient (Wildman–Crippen LogP) is 4.70. The van der Waals surface area contributed by atoms with Crippen LogP contribution in [0.4, 0.5) is 13.2 Å². The standard InChI is InChI=1S/C12H12BrF3O/c1-3-7(2)11(17)9-5-4-8(13)6-10(9)12(14,15)16/h4-7H,3H2,1-2H3. The number of benzene rings is 1. The molecule has 1 aromatic carbocycles. The Labute approximate surface area is 106 Å². The summed E-state index contributed by atoms with van der Waals surface area (Å²) in [5, 5.41) is 0. The number of hydrogen-bond donors (Lipinski definition) is 0. The van der Waals surface area contributed by atoms with Crippen molar-refractivity contribution in [3.8, 4) is 0 Å². The van der Waals surface area contributed by atoms with Crippen molar-refractivity contribution in [2.45, 2.75) is 26.4 Å². The van der Waals surface area contributed by atoms with E-state index in [1.54, 1.807) is 13.8 Å². The number of halogens is 4. The van der Waals surface area contributed by atoms with Crippen LogP contribution in [0.3, 0.4) is 0 Å². The third-order valence-corrected chi connectivity index (χ3v) is 3.11. The summed E-state index contributed by atoms with van der Waals surface area (Å²) in [4.78, 5) is 11.8. The number of carbonyl (C=O) groups is 1. The van der Waals surface area contributed by atoms with Crippen LogP contribution in [0.2, 0.25) is 0 Å². The summed E-state index contributed by atoms with van der Waals surface area (Å²) in [6, 6.07) is 3.61. The summed E-state index contributed by atoms with van der Waals surface area (Å²) in [6.07, 6.45) is -3.99. The van der Waals surface area contributed by atoms with Crippen LogP contribution in [-0.4, -0.2) is 5.78 Å². The van der Waals surface area contributed by atoms with E-state index in [0.29, 0.717) is 10.9 Å². The SMILES string of the molecule is CCC(C)C(=O)c1ccc(Br)cc1C(F)(F)F. The Hall–Kier alpha value is -0.840. The highest BCUT2D eigenvalue weighted by Crippen LogP contribution is 2.35. The Morgan fingerprint density at radius 1 is 1.41 bits per heavy atom. The smallest absolute Gasteiger partial charge is 0.294 e. The number of rotatable bonds is 3. The number of hydrogen-bond acceptors (Lipinski definition) is 1. The number of Topliss-reactive ketones (excluding diaryl/α,β-unsaturated/α-hetero) is 1. The lowest BCUT2D eigenvalue weighted by molar-refractivity contribution is -0.138. The molecule has 1 unspecified atom stereocenters. The molecule has 0 spiro atoms. The molecule has 1 aromatic rings. The van der Waals surface area contributed by atoms with Gasteiger partial charge in [0, 0.05) is 16.0 Å². The van der Waals surface area contributed by atoms with Gasteiger partial charge < -0.3 is 0 Å². The van der Waals surface area contributed by atoms with Gasteiger partial charge in [-0.25, -0.2) is 0 Å². The third kappa shape index (κ3) is 3.31. The summed E-state index contributed by atoms with van der Waals surface area (Å²) in [5.41, 5.74) is -1.13. The van der Waals surface area contributed by atoms with E-state index < -0.39 is 23.4 Å². The number of ketones is 1. The van der Waals surface area contributed by atoms with Gasteiger partial charge in [-0.1, -0.05) is 29.8 Å². The van der Waals surface area contributed by atoms with Crippen LogP contribution in [0, 0.1) is 5.92 Å². The summed E-state index contributed by atoms with van der Waals surface area (Å²) in [5.74, 6) is -0.871. The molecule has 0 amide bonds. The number of alkyl halides is 3. The topological polar surface area (TPSA) is 17.1 Å². The van der Waals surface area contributed by atoms with E-state index in [2.05, 4.69) is 15.9 Å². The Morgan fingerprint density at radius 3 is 2.47 bits per heavy atom. The van der Waals surface area contributed by atoms with E-state index in [1.807, 2.05) is 0 Å². The van der Waals surface area contributed by atoms with Gasteiger partial charge in [-0.15, -0.1) is 0 Å². The molecule has 17 heavy (non-hydrogen) atoms. The minimum Gasteiger partial charge on any atom is -0.294 e. The van der Waals surface area contributed by atoms with E-state index in [4.69, 9.17) is 0 Å². The summed E-state index contributed by atoms with van der Waals surface area (Å²) in [7, 11) is 0. The second-order valence-electron chi connectivity index (χ2n) is 3.86. The van der Waals surface area contributed by atoms with Gasteiger partial charge in [0.1, 0.15) is 0 Å². The van der Waals surface area contributed by atoms with Crippen LogP contribution < -0.4 is 0 Å². The van der Waals surface area contributed by atoms with Gasteiger partial charge in [-0.3, -0.25) is 4.79 Å². The second kappa shape index (κ2) is 5.21. The fourth-order valence-electron chi connectivity index (χ4n) is 1.42. The Bertz CT molecular complexity index is 426. The van der Waals surface area contributed by atoms with Crippen molar-refractivity contribution in [2.75, 3.05) is 0 Å². The highest BCUT2D eigenvalue weighted by atomic mass is 79.9. The number of carbonyl (C=O) groups excluding carboxylic acids is 1. The van der Waals surface area contributed by atoms with Crippen molar-refractivity contribution >= 4 is 21.7 Å². The Kier molecular flexibility index (Phi) is 4.36. The van der Waals surface area contributed by atoms with Crippen molar-refractivity contribution in [1.29, 1.82) is 0 Å². The average Bonchev–Trinajstić information content (AvgIpc) is 2.25. The molecular weight excluding hydrogens is 297 g/mol. The molecule has 0 aliphatic rings. The maximum absolute atomic E-state index is 12.8. The quantitative estimate of drug-likeness (QED) is 0.740. The monoisotopic (exact) mass is 308 g/mol. The zero-order valence-electron chi connectivity index (χ0n) is 9.44. The van der Waals surface area contributed by atoms with Gasteiger partial charge in [0.2, 0.25) is 0 Å². The van der Waals surface area contributed by atoms with Crippen LogP contribution in [0.5, 0.6) is 0 Å². The molecule has 0 aliphatic carbocycles. The van der Waals surface area contributed by atoms with Crippen LogP contribution in [0.25, 0.3) is 0 Å². The van der Waals surface area contributed by atoms with Gasteiger partial charge in [0.15, 0.2) is 5.78 Å². The van der Waals surface area contributed by atoms with E-state index in [1.165, 1.54) is 12.1 Å². The third-order valence-electron chi connectivity index (χ3n) is 2.61. The zero-order chi connectivity index (χ0) is 13.2. The van der Waals surface area contributed by atoms with Crippen molar-refractivity contribution in [3.05, 3.63) is 33.8 Å². The van der Waals surface area contributed by atoms with Crippen LogP contribution in [0.15, 0.2) is 22.7 Å². The molecule has 0 N–H and O–H groups in total. The average molecular weight is 309 g/mol. The molecule has 0 aromatic heterocycles. The first-order chi connectivity index (χ1) is 7.77. The minimum atomic E-state index is -4.51. The molecule has 1 nitrogen and oxygen atoms in total. The van der Waals surface area contributed by atoms with Crippen molar-refractivity contribution in [3.63, 3.8) is 0 Å². The maximum atomic E-state index is 12.8. The Morgan fingerprint density at radius 2 is 2.00 bits per heavy atom. The zero-order valence-corrected chi connectivity index (χ0v) is 11.0. The molecule has 0 heterocycles. The van der Waals surface area contributed by atoms with Crippen LogP contribution >= 0.6 is 15.9 Å². The van der Waals surface area contributed by atoms with E-state index in [9.17, 15) is 18.0 Å². The highest BCUT2D eigenvalue weighted by molar-refractivity contribution is 9.10. The lowest BCUT2D eigenvalue weighted by Crippen LogP contribution is -2.17. The molecule has 1 atom stereocenters. The maximum Gasteiger partial charge on any atom is 0.417 e.